The number of nitrogens with zero attached hydrogens (tertiary/aromatic N) is 2. The molecular weight excluding hydrogens is 298 g/mol. The van der Waals surface area contributed by atoms with Crippen LogP contribution in [-0.4, -0.2) is 15.0 Å². The SMILES string of the molecule is CCc1c(C)[nH]c(-c2cncc(Br)c2)nc1=S. The molecule has 0 aromatic carbocycles. The van der Waals surface area contributed by atoms with Gasteiger partial charge in [-0.3, -0.25) is 4.98 Å². The first-order valence-corrected chi connectivity index (χ1v) is 6.52. The van der Waals surface area contributed by atoms with Crippen molar-refractivity contribution in [3.8, 4) is 11.4 Å². The Hall–Kier alpha value is -1.07. The molecule has 0 unspecified atom stereocenters. The minimum Gasteiger partial charge on any atom is -0.343 e. The van der Waals surface area contributed by atoms with E-state index in [1.165, 1.54) is 0 Å². The summed E-state index contributed by atoms with van der Waals surface area (Å²) in [7, 11) is 0. The van der Waals surface area contributed by atoms with E-state index in [1.807, 2.05) is 13.0 Å². The van der Waals surface area contributed by atoms with Crippen LogP contribution in [0.4, 0.5) is 0 Å². The number of aromatic amines is 1. The molecular formula is C12H12BrN3S. The summed E-state index contributed by atoms with van der Waals surface area (Å²) in [5.74, 6) is 0.763. The lowest BCUT2D eigenvalue weighted by Gasteiger charge is -2.07. The first-order chi connectivity index (χ1) is 8.11. The average Bonchev–Trinajstić information content (AvgIpc) is 2.28. The zero-order valence-corrected chi connectivity index (χ0v) is 12.0. The van der Waals surface area contributed by atoms with Crippen molar-refractivity contribution in [3.05, 3.63) is 38.8 Å². The molecule has 2 aromatic heterocycles. The first kappa shape index (κ1) is 12.4. The second kappa shape index (κ2) is 5.06. The molecule has 5 heteroatoms. The molecule has 2 rings (SSSR count). The van der Waals surface area contributed by atoms with Crippen LogP contribution in [0.3, 0.4) is 0 Å². The van der Waals surface area contributed by atoms with E-state index in [0.29, 0.717) is 4.64 Å². The minimum atomic E-state index is 0.665. The van der Waals surface area contributed by atoms with Gasteiger partial charge in [0, 0.05) is 33.7 Å². The van der Waals surface area contributed by atoms with Crippen molar-refractivity contribution < 1.29 is 0 Å². The molecule has 0 atom stereocenters. The van der Waals surface area contributed by atoms with E-state index in [1.54, 1.807) is 12.4 Å². The van der Waals surface area contributed by atoms with E-state index < -0.39 is 0 Å². The standard InChI is InChI=1S/C12H12BrN3S/c1-3-10-7(2)15-11(16-12(10)17)8-4-9(13)6-14-5-8/h4-6H,3H2,1-2H3,(H,15,16,17). The predicted molar refractivity (Wildman–Crippen MR) is 74.5 cm³/mol. The quantitative estimate of drug-likeness (QED) is 0.857. The molecule has 17 heavy (non-hydrogen) atoms. The maximum Gasteiger partial charge on any atom is 0.140 e. The van der Waals surface area contributed by atoms with Gasteiger partial charge in [-0.15, -0.1) is 0 Å². The van der Waals surface area contributed by atoms with Crippen LogP contribution in [0.2, 0.25) is 0 Å². The molecule has 0 fully saturated rings. The monoisotopic (exact) mass is 309 g/mol. The van der Waals surface area contributed by atoms with Crippen molar-refractivity contribution in [2.75, 3.05) is 0 Å². The van der Waals surface area contributed by atoms with Gasteiger partial charge in [-0.2, -0.15) is 0 Å². The maximum atomic E-state index is 5.30. The summed E-state index contributed by atoms with van der Waals surface area (Å²) in [5, 5.41) is 0. The number of pyridine rings is 1. The highest BCUT2D eigenvalue weighted by atomic mass is 79.9. The number of hydrogen-bond donors (Lipinski definition) is 1. The number of aromatic nitrogens is 3. The largest absolute Gasteiger partial charge is 0.343 e. The van der Waals surface area contributed by atoms with Gasteiger partial charge < -0.3 is 4.98 Å². The molecule has 88 valence electrons. The highest BCUT2D eigenvalue weighted by Crippen LogP contribution is 2.20. The smallest absolute Gasteiger partial charge is 0.140 e. The van der Waals surface area contributed by atoms with E-state index >= 15 is 0 Å². The van der Waals surface area contributed by atoms with Crippen molar-refractivity contribution in [2.45, 2.75) is 20.3 Å². The average molecular weight is 310 g/mol. The Kier molecular flexibility index (Phi) is 3.69. The number of aryl methyl sites for hydroxylation is 1. The van der Waals surface area contributed by atoms with Crippen LogP contribution in [0.15, 0.2) is 22.9 Å². The van der Waals surface area contributed by atoms with Crippen molar-refractivity contribution in [2.24, 2.45) is 0 Å². The number of rotatable bonds is 2. The van der Waals surface area contributed by atoms with E-state index in [9.17, 15) is 0 Å². The maximum absolute atomic E-state index is 5.30. The van der Waals surface area contributed by atoms with E-state index in [-0.39, 0.29) is 0 Å². The molecule has 0 saturated heterocycles. The fourth-order valence-corrected chi connectivity index (χ4v) is 2.46. The van der Waals surface area contributed by atoms with Crippen LogP contribution in [0.5, 0.6) is 0 Å². The normalized spacial score (nSPS) is 10.5. The summed E-state index contributed by atoms with van der Waals surface area (Å²) in [5.41, 5.74) is 3.10. The number of halogens is 1. The predicted octanol–water partition coefficient (Wildman–Crippen LogP) is 3.83. The number of nitrogens with one attached hydrogen (secondary N) is 1. The molecule has 0 spiro atoms. The summed E-state index contributed by atoms with van der Waals surface area (Å²) >= 11 is 8.69. The third kappa shape index (κ3) is 2.61. The zero-order chi connectivity index (χ0) is 12.4. The van der Waals surface area contributed by atoms with Gasteiger partial charge in [0.15, 0.2) is 0 Å². The summed E-state index contributed by atoms with van der Waals surface area (Å²) in [6.45, 7) is 4.10. The van der Waals surface area contributed by atoms with Gasteiger partial charge in [-0.1, -0.05) is 19.1 Å². The molecule has 2 heterocycles. The fraction of sp³-hybridized carbons (Fsp3) is 0.250. The van der Waals surface area contributed by atoms with E-state index in [4.69, 9.17) is 12.2 Å². The Balaban J connectivity index is 2.58. The lowest BCUT2D eigenvalue weighted by Crippen LogP contribution is -1.99. The van der Waals surface area contributed by atoms with Crippen molar-refractivity contribution >= 4 is 28.1 Å². The first-order valence-electron chi connectivity index (χ1n) is 5.32. The Morgan fingerprint density at radius 2 is 2.18 bits per heavy atom. The molecule has 0 radical (unpaired) electrons. The van der Waals surface area contributed by atoms with Gasteiger partial charge in [0.05, 0.1) is 0 Å². The lowest BCUT2D eigenvalue weighted by atomic mass is 10.2. The van der Waals surface area contributed by atoms with Gasteiger partial charge in [0.25, 0.3) is 0 Å². The minimum absolute atomic E-state index is 0.665. The van der Waals surface area contributed by atoms with Crippen LogP contribution < -0.4 is 0 Å². The Morgan fingerprint density at radius 1 is 1.41 bits per heavy atom. The molecule has 2 aromatic rings. The van der Waals surface area contributed by atoms with Crippen molar-refractivity contribution in [1.82, 2.24) is 15.0 Å². The van der Waals surface area contributed by atoms with Gasteiger partial charge >= 0.3 is 0 Å². The molecule has 0 aliphatic heterocycles. The van der Waals surface area contributed by atoms with Crippen molar-refractivity contribution in [3.63, 3.8) is 0 Å². The van der Waals surface area contributed by atoms with E-state index in [0.717, 1.165) is 33.5 Å². The molecule has 0 aliphatic carbocycles. The Bertz CT molecular complexity index is 607. The molecule has 0 amide bonds. The zero-order valence-electron chi connectivity index (χ0n) is 9.62. The van der Waals surface area contributed by atoms with E-state index in [2.05, 4.69) is 37.8 Å². The second-order valence-corrected chi connectivity index (χ2v) is 5.04. The highest BCUT2D eigenvalue weighted by molar-refractivity contribution is 9.10. The number of hydrogen-bond acceptors (Lipinski definition) is 3. The fourth-order valence-electron chi connectivity index (χ4n) is 1.70. The van der Waals surface area contributed by atoms with Gasteiger partial charge in [0.1, 0.15) is 10.5 Å². The van der Waals surface area contributed by atoms with Crippen LogP contribution in [0.1, 0.15) is 18.2 Å². The Morgan fingerprint density at radius 3 is 2.76 bits per heavy atom. The van der Waals surface area contributed by atoms with Gasteiger partial charge in [0.2, 0.25) is 0 Å². The lowest BCUT2D eigenvalue weighted by molar-refractivity contribution is 0.988. The Labute approximate surface area is 113 Å². The summed E-state index contributed by atoms with van der Waals surface area (Å²) in [4.78, 5) is 11.8. The molecule has 0 aliphatic rings. The second-order valence-electron chi connectivity index (χ2n) is 3.74. The van der Waals surface area contributed by atoms with Crippen molar-refractivity contribution in [1.29, 1.82) is 0 Å². The topological polar surface area (TPSA) is 41.6 Å². The third-order valence-electron chi connectivity index (χ3n) is 2.56. The van der Waals surface area contributed by atoms with Crippen LogP contribution in [-0.2, 0) is 6.42 Å². The molecule has 3 nitrogen and oxygen atoms in total. The third-order valence-corrected chi connectivity index (χ3v) is 3.33. The van der Waals surface area contributed by atoms with Crippen LogP contribution in [0, 0.1) is 11.6 Å². The van der Waals surface area contributed by atoms with Crippen LogP contribution >= 0.6 is 28.1 Å². The van der Waals surface area contributed by atoms with Gasteiger partial charge in [-0.05, 0) is 35.3 Å². The summed E-state index contributed by atoms with van der Waals surface area (Å²) < 4.78 is 1.59. The molecule has 1 N–H and O–H groups in total. The number of H-pyrrole nitrogens is 1. The molecule has 0 bridgehead atoms. The summed E-state index contributed by atoms with van der Waals surface area (Å²) in [6, 6.07) is 1.96. The highest BCUT2D eigenvalue weighted by Gasteiger charge is 2.06. The van der Waals surface area contributed by atoms with Crippen LogP contribution in [0.25, 0.3) is 11.4 Å². The molecule has 0 saturated carbocycles. The summed E-state index contributed by atoms with van der Waals surface area (Å²) in [6.07, 6.45) is 4.40. The van der Waals surface area contributed by atoms with Gasteiger partial charge in [-0.25, -0.2) is 4.98 Å².